The Kier molecular flexibility index (Phi) is 4.61. The number of hydrogen-bond donors (Lipinski definition) is 0. The fourth-order valence-corrected chi connectivity index (χ4v) is 2.37. The molecule has 0 saturated heterocycles. The van der Waals surface area contributed by atoms with Gasteiger partial charge in [-0.2, -0.15) is 0 Å². The largest absolute Gasteiger partial charge is 0.464 e. The molecule has 0 spiro atoms. The maximum Gasteiger partial charge on any atom is 0.410 e. The fraction of sp³-hybridized carbons (Fsp3) is 0.467. The van der Waals surface area contributed by atoms with Crippen molar-refractivity contribution in [3.05, 3.63) is 35.4 Å². The fourth-order valence-electron chi connectivity index (χ4n) is 2.37. The standard InChI is InChI=1S/C15H19NO4/c1-3-19-14(17)13-9-11-7-5-6-8-12(11)10-16(13)15(18)20-4-2/h5-8,13H,3-4,9-10H2,1-2H3. The Hall–Kier alpha value is -2.04. The lowest BCUT2D eigenvalue weighted by molar-refractivity contribution is -0.149. The van der Waals surface area contributed by atoms with Gasteiger partial charge in [-0.3, -0.25) is 4.90 Å². The molecule has 1 amide bonds. The Morgan fingerprint density at radius 1 is 1.15 bits per heavy atom. The first-order valence-electron chi connectivity index (χ1n) is 6.84. The third kappa shape index (κ3) is 2.92. The van der Waals surface area contributed by atoms with Crippen LogP contribution in [0.2, 0.25) is 0 Å². The van der Waals surface area contributed by atoms with E-state index in [2.05, 4.69) is 0 Å². The van der Waals surface area contributed by atoms with Crippen LogP contribution in [0.4, 0.5) is 4.79 Å². The van der Waals surface area contributed by atoms with E-state index in [1.54, 1.807) is 13.8 Å². The summed E-state index contributed by atoms with van der Waals surface area (Å²) < 4.78 is 10.1. The number of rotatable bonds is 3. The minimum Gasteiger partial charge on any atom is -0.464 e. The van der Waals surface area contributed by atoms with Crippen LogP contribution in [0.5, 0.6) is 0 Å². The van der Waals surface area contributed by atoms with Crippen molar-refractivity contribution >= 4 is 12.1 Å². The number of carbonyl (C=O) groups is 2. The number of nitrogens with zero attached hydrogens (tertiary/aromatic N) is 1. The van der Waals surface area contributed by atoms with E-state index in [1.165, 1.54) is 4.90 Å². The zero-order valence-corrected chi connectivity index (χ0v) is 11.8. The molecule has 0 N–H and O–H groups in total. The van der Waals surface area contributed by atoms with Gasteiger partial charge in [0, 0.05) is 6.42 Å². The first-order valence-corrected chi connectivity index (χ1v) is 6.84. The molecule has 1 aliphatic heterocycles. The third-order valence-corrected chi connectivity index (χ3v) is 3.31. The van der Waals surface area contributed by atoms with E-state index < -0.39 is 12.1 Å². The Bertz CT molecular complexity index is 455. The van der Waals surface area contributed by atoms with Crippen LogP contribution in [-0.4, -0.2) is 36.2 Å². The molecule has 0 bridgehead atoms. The lowest BCUT2D eigenvalue weighted by Crippen LogP contribution is -2.49. The quantitative estimate of drug-likeness (QED) is 0.794. The van der Waals surface area contributed by atoms with Gasteiger partial charge in [-0.15, -0.1) is 0 Å². The number of carbonyl (C=O) groups excluding carboxylic acids is 2. The Labute approximate surface area is 118 Å². The normalized spacial score (nSPS) is 17.3. The predicted molar refractivity (Wildman–Crippen MR) is 73.1 cm³/mol. The molecular weight excluding hydrogens is 258 g/mol. The second-order valence-corrected chi connectivity index (χ2v) is 4.57. The van der Waals surface area contributed by atoms with E-state index in [-0.39, 0.29) is 12.6 Å². The van der Waals surface area contributed by atoms with Crippen molar-refractivity contribution in [2.24, 2.45) is 0 Å². The highest BCUT2D eigenvalue weighted by molar-refractivity contribution is 5.82. The van der Waals surface area contributed by atoms with E-state index in [4.69, 9.17) is 9.47 Å². The summed E-state index contributed by atoms with van der Waals surface area (Å²) in [4.78, 5) is 25.5. The first kappa shape index (κ1) is 14.4. The summed E-state index contributed by atoms with van der Waals surface area (Å²) >= 11 is 0. The summed E-state index contributed by atoms with van der Waals surface area (Å²) in [5.74, 6) is -0.380. The molecule has 2 rings (SSSR count). The second kappa shape index (κ2) is 6.41. The summed E-state index contributed by atoms with van der Waals surface area (Å²) in [6, 6.07) is 7.19. The lowest BCUT2D eigenvalue weighted by Gasteiger charge is -2.34. The van der Waals surface area contributed by atoms with Crippen LogP contribution in [0.3, 0.4) is 0 Å². The smallest absolute Gasteiger partial charge is 0.410 e. The molecule has 1 aliphatic rings. The molecule has 1 unspecified atom stereocenters. The van der Waals surface area contributed by atoms with Crippen molar-refractivity contribution in [2.75, 3.05) is 13.2 Å². The number of benzene rings is 1. The highest BCUT2D eigenvalue weighted by Crippen LogP contribution is 2.24. The van der Waals surface area contributed by atoms with Gasteiger partial charge in [0.1, 0.15) is 6.04 Å². The summed E-state index contributed by atoms with van der Waals surface area (Å²) in [6.07, 6.45) is -0.00608. The molecule has 0 fully saturated rings. The SMILES string of the molecule is CCOC(=O)C1Cc2ccccc2CN1C(=O)OCC. The molecule has 5 heteroatoms. The highest BCUT2D eigenvalue weighted by Gasteiger charge is 2.36. The zero-order valence-electron chi connectivity index (χ0n) is 11.8. The van der Waals surface area contributed by atoms with E-state index in [0.717, 1.165) is 11.1 Å². The van der Waals surface area contributed by atoms with Crippen molar-refractivity contribution in [2.45, 2.75) is 32.9 Å². The molecule has 20 heavy (non-hydrogen) atoms. The van der Waals surface area contributed by atoms with E-state index in [9.17, 15) is 9.59 Å². The molecule has 1 heterocycles. The number of fused-ring (bicyclic) bond motifs is 1. The summed E-state index contributed by atoms with van der Waals surface area (Å²) in [5.41, 5.74) is 2.12. The van der Waals surface area contributed by atoms with Gasteiger partial charge in [0.05, 0.1) is 19.8 Å². The average Bonchev–Trinajstić information content (AvgIpc) is 2.46. The van der Waals surface area contributed by atoms with Crippen molar-refractivity contribution < 1.29 is 19.1 Å². The van der Waals surface area contributed by atoms with Crippen molar-refractivity contribution in [1.29, 1.82) is 0 Å². The predicted octanol–water partition coefficient (Wildman–Crippen LogP) is 2.13. The number of esters is 1. The molecule has 0 aromatic heterocycles. The first-order chi connectivity index (χ1) is 9.67. The van der Waals surface area contributed by atoms with Crippen molar-refractivity contribution in [1.82, 2.24) is 4.90 Å². The monoisotopic (exact) mass is 277 g/mol. The van der Waals surface area contributed by atoms with Crippen molar-refractivity contribution in [3.8, 4) is 0 Å². The molecular formula is C15H19NO4. The maximum absolute atomic E-state index is 12.1. The number of hydrogen-bond acceptors (Lipinski definition) is 4. The summed E-state index contributed by atoms with van der Waals surface area (Å²) in [7, 11) is 0. The van der Waals surface area contributed by atoms with Crippen LogP contribution in [-0.2, 0) is 27.2 Å². The van der Waals surface area contributed by atoms with Crippen LogP contribution >= 0.6 is 0 Å². The minimum absolute atomic E-state index is 0.284. The van der Waals surface area contributed by atoms with Gasteiger partial charge in [0.2, 0.25) is 0 Å². The van der Waals surface area contributed by atoms with Gasteiger partial charge in [0.15, 0.2) is 0 Å². The van der Waals surface area contributed by atoms with Crippen molar-refractivity contribution in [3.63, 3.8) is 0 Å². The minimum atomic E-state index is -0.608. The molecule has 5 nitrogen and oxygen atoms in total. The Morgan fingerprint density at radius 3 is 2.45 bits per heavy atom. The Morgan fingerprint density at radius 2 is 1.80 bits per heavy atom. The second-order valence-electron chi connectivity index (χ2n) is 4.57. The molecule has 1 atom stereocenters. The number of amides is 1. The average molecular weight is 277 g/mol. The molecule has 1 aromatic rings. The highest BCUT2D eigenvalue weighted by atomic mass is 16.6. The van der Waals surface area contributed by atoms with E-state index in [0.29, 0.717) is 19.6 Å². The van der Waals surface area contributed by atoms with Gasteiger partial charge in [0.25, 0.3) is 0 Å². The molecule has 0 aliphatic carbocycles. The van der Waals surface area contributed by atoms with Gasteiger partial charge in [-0.1, -0.05) is 24.3 Å². The summed E-state index contributed by atoms with van der Waals surface area (Å²) in [6.45, 7) is 4.46. The van der Waals surface area contributed by atoms with Gasteiger partial charge in [-0.25, -0.2) is 9.59 Å². The lowest BCUT2D eigenvalue weighted by atomic mass is 9.94. The van der Waals surface area contributed by atoms with Crippen LogP contribution < -0.4 is 0 Å². The third-order valence-electron chi connectivity index (χ3n) is 3.31. The van der Waals surface area contributed by atoms with Crippen LogP contribution in [0, 0.1) is 0 Å². The van der Waals surface area contributed by atoms with Gasteiger partial charge >= 0.3 is 12.1 Å². The molecule has 0 radical (unpaired) electrons. The molecule has 1 aromatic carbocycles. The van der Waals surface area contributed by atoms with Crippen LogP contribution in [0.1, 0.15) is 25.0 Å². The van der Waals surface area contributed by atoms with Gasteiger partial charge < -0.3 is 9.47 Å². The van der Waals surface area contributed by atoms with E-state index >= 15 is 0 Å². The number of ether oxygens (including phenoxy) is 2. The van der Waals surface area contributed by atoms with E-state index in [1.807, 2.05) is 24.3 Å². The topological polar surface area (TPSA) is 55.8 Å². The molecule has 108 valence electrons. The zero-order chi connectivity index (χ0) is 14.5. The maximum atomic E-state index is 12.1. The van der Waals surface area contributed by atoms with Crippen LogP contribution in [0.15, 0.2) is 24.3 Å². The summed E-state index contributed by atoms with van der Waals surface area (Å²) in [5, 5.41) is 0. The molecule has 0 saturated carbocycles. The van der Waals surface area contributed by atoms with Gasteiger partial charge in [-0.05, 0) is 25.0 Å². The Balaban J connectivity index is 2.26. The van der Waals surface area contributed by atoms with Crippen LogP contribution in [0.25, 0.3) is 0 Å².